The van der Waals surface area contributed by atoms with Crippen LogP contribution in [0.15, 0.2) is 29.2 Å². The van der Waals surface area contributed by atoms with Crippen LogP contribution in [0.4, 0.5) is 0 Å². The van der Waals surface area contributed by atoms with Crippen LogP contribution in [-0.2, 0) is 14.6 Å². The van der Waals surface area contributed by atoms with Crippen LogP contribution in [0.5, 0.6) is 0 Å². The van der Waals surface area contributed by atoms with Gasteiger partial charge in [0.15, 0.2) is 14.6 Å². The third kappa shape index (κ3) is 2.95. The summed E-state index contributed by atoms with van der Waals surface area (Å²) < 4.78 is 25.2. The number of sulfone groups is 1. The second-order valence-electron chi connectivity index (χ2n) is 6.68. The summed E-state index contributed by atoms with van der Waals surface area (Å²) in [5.74, 6) is -0.304. The molecular formula is C17H22ClNO4S. The van der Waals surface area contributed by atoms with Gasteiger partial charge in [0.05, 0.1) is 11.0 Å². The predicted molar refractivity (Wildman–Crippen MR) is 91.7 cm³/mol. The molecule has 0 spiro atoms. The number of rotatable bonds is 3. The molecule has 3 rings (SSSR count). The van der Waals surface area contributed by atoms with Gasteiger partial charge in [0.25, 0.3) is 0 Å². The molecule has 1 amide bonds. The van der Waals surface area contributed by atoms with Gasteiger partial charge in [-0.2, -0.15) is 0 Å². The highest BCUT2D eigenvalue weighted by Crippen LogP contribution is 2.42. The summed E-state index contributed by atoms with van der Waals surface area (Å²) in [4.78, 5) is 14.9. The Morgan fingerprint density at radius 1 is 1.12 bits per heavy atom. The first kappa shape index (κ1) is 17.7. The predicted octanol–water partition coefficient (Wildman–Crippen LogP) is 2.41. The summed E-state index contributed by atoms with van der Waals surface area (Å²) in [5, 5.41) is 10.1. The van der Waals surface area contributed by atoms with E-state index in [2.05, 4.69) is 0 Å². The minimum Gasteiger partial charge on any atom is -0.393 e. The Labute approximate surface area is 147 Å². The molecule has 0 atom stereocenters. The Bertz CT molecular complexity index is 703. The van der Waals surface area contributed by atoms with Crippen molar-refractivity contribution in [2.75, 3.05) is 13.1 Å². The highest BCUT2D eigenvalue weighted by Gasteiger charge is 2.54. The van der Waals surface area contributed by atoms with Gasteiger partial charge < -0.3 is 10.0 Å². The van der Waals surface area contributed by atoms with Crippen molar-refractivity contribution in [3.8, 4) is 0 Å². The molecule has 1 aromatic carbocycles. The molecule has 2 fully saturated rings. The SMILES string of the molecule is O=C(N1CCC(O)CC1)C1(S(=O)(=O)c2ccc(Cl)cc2)CCCC1. The number of carbonyl (C=O) groups excluding carboxylic acids is 1. The number of carbonyl (C=O) groups is 1. The second kappa shape index (κ2) is 6.65. The number of piperidine rings is 1. The van der Waals surface area contributed by atoms with Crippen molar-refractivity contribution in [1.29, 1.82) is 0 Å². The molecule has 0 radical (unpaired) electrons. The number of hydrogen-bond acceptors (Lipinski definition) is 4. The largest absolute Gasteiger partial charge is 0.393 e. The Kier molecular flexibility index (Phi) is 4.91. The van der Waals surface area contributed by atoms with Crippen molar-refractivity contribution in [2.24, 2.45) is 0 Å². The summed E-state index contributed by atoms with van der Waals surface area (Å²) in [7, 11) is -3.79. The maximum atomic E-state index is 13.3. The summed E-state index contributed by atoms with van der Waals surface area (Å²) in [5.41, 5.74) is 0. The molecule has 24 heavy (non-hydrogen) atoms. The first-order valence-corrected chi connectivity index (χ1v) is 10.2. The van der Waals surface area contributed by atoms with Crippen LogP contribution in [0.1, 0.15) is 38.5 Å². The van der Waals surface area contributed by atoms with Crippen molar-refractivity contribution < 1.29 is 18.3 Å². The summed E-state index contributed by atoms with van der Waals surface area (Å²) in [6.07, 6.45) is 2.78. The zero-order valence-corrected chi connectivity index (χ0v) is 15.0. The number of hydrogen-bond donors (Lipinski definition) is 1. The molecule has 5 nitrogen and oxygen atoms in total. The summed E-state index contributed by atoms with van der Waals surface area (Å²) in [6, 6.07) is 6.04. The maximum Gasteiger partial charge on any atom is 0.244 e. The number of amides is 1. The summed E-state index contributed by atoms with van der Waals surface area (Å²) in [6.45, 7) is 0.829. The van der Waals surface area contributed by atoms with E-state index in [0.717, 1.165) is 12.8 Å². The second-order valence-corrected chi connectivity index (χ2v) is 9.38. The van der Waals surface area contributed by atoms with Gasteiger partial charge in [-0.05, 0) is 49.9 Å². The smallest absolute Gasteiger partial charge is 0.244 e. The number of benzene rings is 1. The Balaban J connectivity index is 1.96. The van der Waals surface area contributed by atoms with E-state index in [9.17, 15) is 18.3 Å². The first-order valence-electron chi connectivity index (χ1n) is 8.34. The first-order chi connectivity index (χ1) is 11.4. The molecule has 1 aliphatic carbocycles. The van der Waals surface area contributed by atoms with E-state index in [0.29, 0.717) is 43.8 Å². The highest BCUT2D eigenvalue weighted by molar-refractivity contribution is 7.93. The average molecular weight is 372 g/mol. The third-order valence-electron chi connectivity index (χ3n) is 5.19. The zero-order chi connectivity index (χ0) is 17.4. The molecule has 1 aromatic rings. The van der Waals surface area contributed by atoms with Crippen LogP contribution in [0.2, 0.25) is 5.02 Å². The van der Waals surface area contributed by atoms with Gasteiger partial charge >= 0.3 is 0 Å². The van der Waals surface area contributed by atoms with E-state index < -0.39 is 20.7 Å². The number of nitrogens with zero attached hydrogens (tertiary/aromatic N) is 1. The van der Waals surface area contributed by atoms with E-state index in [-0.39, 0.29) is 10.8 Å². The number of aliphatic hydroxyl groups is 1. The van der Waals surface area contributed by atoms with Gasteiger partial charge in [0.1, 0.15) is 0 Å². The molecular weight excluding hydrogens is 350 g/mol. The van der Waals surface area contributed by atoms with E-state index >= 15 is 0 Å². The van der Waals surface area contributed by atoms with E-state index in [1.54, 1.807) is 17.0 Å². The van der Waals surface area contributed by atoms with Gasteiger partial charge in [-0.1, -0.05) is 24.4 Å². The van der Waals surface area contributed by atoms with Gasteiger partial charge in [-0.25, -0.2) is 8.42 Å². The van der Waals surface area contributed by atoms with Crippen molar-refractivity contribution in [3.63, 3.8) is 0 Å². The van der Waals surface area contributed by atoms with Gasteiger partial charge in [-0.15, -0.1) is 0 Å². The lowest BCUT2D eigenvalue weighted by Crippen LogP contribution is -2.54. The van der Waals surface area contributed by atoms with Crippen molar-refractivity contribution in [3.05, 3.63) is 29.3 Å². The number of aliphatic hydroxyl groups excluding tert-OH is 1. The fourth-order valence-corrected chi connectivity index (χ4v) is 6.00. The average Bonchev–Trinajstić information content (AvgIpc) is 3.07. The monoisotopic (exact) mass is 371 g/mol. The van der Waals surface area contributed by atoms with Gasteiger partial charge in [-0.3, -0.25) is 4.79 Å². The number of likely N-dealkylation sites (tertiary alicyclic amines) is 1. The Hall–Kier alpha value is -1.11. The molecule has 0 unspecified atom stereocenters. The lowest BCUT2D eigenvalue weighted by molar-refractivity contribution is -0.135. The van der Waals surface area contributed by atoms with Crippen LogP contribution in [0.25, 0.3) is 0 Å². The molecule has 1 heterocycles. The zero-order valence-electron chi connectivity index (χ0n) is 13.4. The molecule has 1 aliphatic heterocycles. The van der Waals surface area contributed by atoms with Gasteiger partial charge in [0, 0.05) is 18.1 Å². The molecule has 1 saturated heterocycles. The molecule has 0 bridgehead atoms. The van der Waals surface area contributed by atoms with Crippen LogP contribution >= 0.6 is 11.6 Å². The van der Waals surface area contributed by atoms with Crippen LogP contribution in [-0.4, -0.2) is 48.3 Å². The lowest BCUT2D eigenvalue weighted by Gasteiger charge is -2.37. The quantitative estimate of drug-likeness (QED) is 0.885. The Morgan fingerprint density at radius 3 is 2.21 bits per heavy atom. The van der Waals surface area contributed by atoms with Crippen molar-refractivity contribution >= 4 is 27.3 Å². The fourth-order valence-electron chi connectivity index (χ4n) is 3.74. The normalized spacial score (nSPS) is 21.8. The van der Waals surface area contributed by atoms with E-state index in [4.69, 9.17) is 11.6 Å². The Morgan fingerprint density at radius 2 is 1.67 bits per heavy atom. The van der Waals surface area contributed by atoms with E-state index in [1.807, 2.05) is 0 Å². The van der Waals surface area contributed by atoms with E-state index in [1.165, 1.54) is 12.1 Å². The maximum absolute atomic E-state index is 13.3. The standard InChI is InChI=1S/C17H22ClNO4S/c18-13-3-5-15(6-4-13)24(22,23)17(9-1-2-10-17)16(21)19-11-7-14(20)8-12-19/h3-6,14,20H,1-2,7-12H2. The minimum absolute atomic E-state index is 0.152. The molecule has 7 heteroatoms. The molecule has 2 aliphatic rings. The molecule has 0 aromatic heterocycles. The minimum atomic E-state index is -3.79. The molecule has 132 valence electrons. The highest BCUT2D eigenvalue weighted by atomic mass is 35.5. The number of halogens is 1. The van der Waals surface area contributed by atoms with Crippen molar-refractivity contribution in [2.45, 2.75) is 54.3 Å². The molecule has 1 saturated carbocycles. The fraction of sp³-hybridized carbons (Fsp3) is 0.588. The topological polar surface area (TPSA) is 74.7 Å². The summed E-state index contributed by atoms with van der Waals surface area (Å²) >= 11 is 5.86. The lowest BCUT2D eigenvalue weighted by atomic mass is 10.0. The third-order valence-corrected chi connectivity index (χ3v) is 7.95. The van der Waals surface area contributed by atoms with Crippen molar-refractivity contribution in [1.82, 2.24) is 4.90 Å². The van der Waals surface area contributed by atoms with Gasteiger partial charge in [0.2, 0.25) is 5.91 Å². The molecule has 1 N–H and O–H groups in total. The van der Waals surface area contributed by atoms with Crippen LogP contribution < -0.4 is 0 Å². The van der Waals surface area contributed by atoms with Crippen LogP contribution in [0.3, 0.4) is 0 Å². The van der Waals surface area contributed by atoms with Crippen LogP contribution in [0, 0.1) is 0 Å².